The maximum atomic E-state index is 12.7. The third-order valence-electron chi connectivity index (χ3n) is 1.78. The molecule has 1 aromatic rings. The Bertz CT molecular complexity index is 471. The molecule has 0 unspecified atom stereocenters. The average molecular weight is 338 g/mol. The van der Waals surface area contributed by atoms with Crippen LogP contribution in [0.2, 0.25) is 0 Å². The number of aromatic nitrogens is 1. The van der Waals surface area contributed by atoms with E-state index in [-0.39, 0.29) is 9.26 Å². The fraction of sp³-hybridized carbons (Fsp3) is 0.222. The smallest absolute Gasteiger partial charge is 0.358 e. The van der Waals surface area contributed by atoms with Gasteiger partial charge >= 0.3 is 5.97 Å². The van der Waals surface area contributed by atoms with Crippen molar-refractivity contribution in [3.05, 3.63) is 26.6 Å². The first-order valence-corrected chi connectivity index (χ1v) is 5.05. The van der Waals surface area contributed by atoms with Gasteiger partial charge in [0.15, 0.2) is 5.69 Å². The normalized spacial score (nSPS) is 10.0. The highest BCUT2D eigenvalue weighted by atomic mass is 127. The van der Waals surface area contributed by atoms with Crippen LogP contribution in [0.15, 0.2) is 6.20 Å². The van der Waals surface area contributed by atoms with Crippen molar-refractivity contribution in [2.75, 3.05) is 7.11 Å². The Morgan fingerprint density at radius 3 is 2.75 bits per heavy atom. The summed E-state index contributed by atoms with van der Waals surface area (Å²) in [5.41, 5.74) is -1.31. The zero-order valence-corrected chi connectivity index (χ0v) is 10.2. The topological polar surface area (TPSA) is 63.0 Å². The molecule has 7 heteroatoms. The van der Waals surface area contributed by atoms with Crippen molar-refractivity contribution in [3.63, 3.8) is 0 Å². The van der Waals surface area contributed by atoms with Gasteiger partial charge in [0.25, 0.3) is 6.43 Å². The summed E-state index contributed by atoms with van der Waals surface area (Å²) < 4.78 is 29.9. The van der Waals surface area contributed by atoms with Gasteiger partial charge in [-0.15, -0.1) is 0 Å². The van der Waals surface area contributed by atoms with Crippen LogP contribution in [0.3, 0.4) is 0 Å². The number of pyridine rings is 1. The van der Waals surface area contributed by atoms with Gasteiger partial charge in [-0.1, -0.05) is 0 Å². The molecule has 0 N–H and O–H groups in total. The van der Waals surface area contributed by atoms with Crippen molar-refractivity contribution in [2.24, 2.45) is 0 Å². The lowest BCUT2D eigenvalue weighted by molar-refractivity contribution is 0.0593. The largest absolute Gasteiger partial charge is 0.464 e. The van der Waals surface area contributed by atoms with Crippen LogP contribution in [0.25, 0.3) is 0 Å². The summed E-state index contributed by atoms with van der Waals surface area (Å²) in [6, 6.07) is 1.55. The van der Waals surface area contributed by atoms with Gasteiger partial charge < -0.3 is 4.74 Å². The quantitative estimate of drug-likeness (QED) is 0.613. The van der Waals surface area contributed by atoms with Gasteiger partial charge in [0, 0.05) is 9.77 Å². The molecule has 0 saturated heterocycles. The number of alkyl halides is 2. The fourth-order valence-electron chi connectivity index (χ4n) is 1.08. The number of esters is 1. The maximum absolute atomic E-state index is 12.7. The monoisotopic (exact) mass is 338 g/mol. The number of nitriles is 1. The molecule has 16 heavy (non-hydrogen) atoms. The van der Waals surface area contributed by atoms with Crippen molar-refractivity contribution >= 4 is 28.6 Å². The van der Waals surface area contributed by atoms with E-state index in [1.165, 1.54) is 0 Å². The van der Waals surface area contributed by atoms with Crippen LogP contribution < -0.4 is 0 Å². The van der Waals surface area contributed by atoms with Crippen molar-refractivity contribution in [2.45, 2.75) is 6.43 Å². The molecule has 0 amide bonds. The number of halogens is 3. The minimum atomic E-state index is -2.84. The van der Waals surface area contributed by atoms with Gasteiger partial charge in [-0.2, -0.15) is 5.26 Å². The van der Waals surface area contributed by atoms with Gasteiger partial charge in [0.05, 0.1) is 18.2 Å². The number of nitrogens with zero attached hydrogens (tertiary/aromatic N) is 2. The van der Waals surface area contributed by atoms with E-state index in [4.69, 9.17) is 5.26 Å². The predicted octanol–water partition coefficient (Wildman–Crippen LogP) is 2.28. The first-order chi connectivity index (χ1) is 7.52. The Labute approximate surface area is 103 Å². The molecule has 0 fully saturated rings. The molecule has 0 aromatic carbocycles. The zero-order chi connectivity index (χ0) is 12.3. The standard InChI is InChI=1S/C9H5F2IN2O2/c1-16-9(15)7-4(2-13)6(8(10)11)5(12)3-14-7/h3,8H,1H3. The molecule has 1 heterocycles. The van der Waals surface area contributed by atoms with E-state index in [0.29, 0.717) is 0 Å². The minimum Gasteiger partial charge on any atom is -0.464 e. The highest BCUT2D eigenvalue weighted by Gasteiger charge is 2.24. The van der Waals surface area contributed by atoms with Gasteiger partial charge in [-0.3, -0.25) is 0 Å². The van der Waals surface area contributed by atoms with Crippen molar-refractivity contribution in [3.8, 4) is 6.07 Å². The highest BCUT2D eigenvalue weighted by Crippen LogP contribution is 2.28. The zero-order valence-electron chi connectivity index (χ0n) is 8.00. The number of ether oxygens (including phenoxy) is 1. The van der Waals surface area contributed by atoms with E-state index in [9.17, 15) is 13.6 Å². The second kappa shape index (κ2) is 5.16. The molecule has 0 aliphatic heterocycles. The Morgan fingerprint density at radius 2 is 2.31 bits per heavy atom. The van der Waals surface area contributed by atoms with Gasteiger partial charge in [-0.05, 0) is 22.6 Å². The van der Waals surface area contributed by atoms with Crippen molar-refractivity contribution < 1.29 is 18.3 Å². The van der Waals surface area contributed by atoms with E-state index in [2.05, 4.69) is 9.72 Å². The predicted molar refractivity (Wildman–Crippen MR) is 58.0 cm³/mol. The van der Waals surface area contributed by atoms with Crippen LogP contribution in [0.5, 0.6) is 0 Å². The summed E-state index contributed by atoms with van der Waals surface area (Å²) in [4.78, 5) is 14.8. The molecular formula is C9H5F2IN2O2. The van der Waals surface area contributed by atoms with Crippen LogP contribution in [0.1, 0.15) is 28.0 Å². The Kier molecular flexibility index (Phi) is 4.12. The lowest BCUT2D eigenvalue weighted by atomic mass is 10.1. The minimum absolute atomic E-state index is 0.136. The summed E-state index contributed by atoms with van der Waals surface area (Å²) in [7, 11) is 1.09. The van der Waals surface area contributed by atoms with Crippen molar-refractivity contribution in [1.29, 1.82) is 5.26 Å². The molecule has 0 bridgehead atoms. The number of rotatable bonds is 2. The lowest BCUT2D eigenvalue weighted by Crippen LogP contribution is -2.11. The first kappa shape index (κ1) is 12.8. The number of carbonyl (C=O) groups is 1. The number of hydrogen-bond donors (Lipinski definition) is 0. The second-order valence-corrected chi connectivity index (χ2v) is 3.81. The lowest BCUT2D eigenvalue weighted by Gasteiger charge is -2.08. The SMILES string of the molecule is COC(=O)c1ncc(I)c(C(F)F)c1C#N. The summed E-state index contributed by atoms with van der Waals surface area (Å²) in [6.07, 6.45) is -1.73. The van der Waals surface area contributed by atoms with E-state index >= 15 is 0 Å². The third kappa shape index (κ3) is 2.27. The van der Waals surface area contributed by atoms with Crippen LogP contribution >= 0.6 is 22.6 Å². The van der Waals surface area contributed by atoms with Crippen LogP contribution in [0.4, 0.5) is 8.78 Å². The average Bonchev–Trinajstić information content (AvgIpc) is 2.26. The molecule has 1 aromatic heterocycles. The van der Waals surface area contributed by atoms with Gasteiger partial charge in [0.2, 0.25) is 0 Å². The van der Waals surface area contributed by atoms with Crippen LogP contribution in [-0.2, 0) is 4.74 Å². The van der Waals surface area contributed by atoms with E-state index in [1.807, 2.05) is 0 Å². The molecule has 0 saturated carbocycles. The fourth-order valence-corrected chi connectivity index (χ4v) is 1.72. The third-order valence-corrected chi connectivity index (χ3v) is 2.64. The highest BCUT2D eigenvalue weighted by molar-refractivity contribution is 14.1. The number of methoxy groups -OCH3 is 1. The van der Waals surface area contributed by atoms with Crippen LogP contribution in [-0.4, -0.2) is 18.1 Å². The molecule has 0 spiro atoms. The molecule has 0 atom stereocenters. The van der Waals surface area contributed by atoms with E-state index in [0.717, 1.165) is 13.3 Å². The molecule has 0 aliphatic rings. The molecule has 84 valence electrons. The second-order valence-electron chi connectivity index (χ2n) is 2.65. The Hall–Kier alpha value is -1.30. The molecule has 4 nitrogen and oxygen atoms in total. The molecule has 0 radical (unpaired) electrons. The Balaban J connectivity index is 3.51. The maximum Gasteiger partial charge on any atom is 0.358 e. The first-order valence-electron chi connectivity index (χ1n) is 3.97. The van der Waals surface area contributed by atoms with E-state index < -0.39 is 23.5 Å². The number of hydrogen-bond acceptors (Lipinski definition) is 4. The van der Waals surface area contributed by atoms with Gasteiger partial charge in [0.1, 0.15) is 6.07 Å². The summed E-state index contributed by atoms with van der Waals surface area (Å²) >= 11 is 1.63. The molecular weight excluding hydrogens is 333 g/mol. The van der Waals surface area contributed by atoms with E-state index in [1.54, 1.807) is 28.7 Å². The van der Waals surface area contributed by atoms with Gasteiger partial charge in [-0.25, -0.2) is 18.6 Å². The molecule has 1 rings (SSSR count). The summed E-state index contributed by atoms with van der Waals surface area (Å²) in [6.45, 7) is 0. The number of carbonyl (C=O) groups excluding carboxylic acids is 1. The summed E-state index contributed by atoms with van der Waals surface area (Å²) in [5, 5.41) is 8.78. The molecule has 0 aliphatic carbocycles. The Morgan fingerprint density at radius 1 is 1.69 bits per heavy atom. The van der Waals surface area contributed by atoms with Crippen molar-refractivity contribution in [1.82, 2.24) is 4.98 Å². The van der Waals surface area contributed by atoms with Crippen LogP contribution in [0, 0.1) is 14.9 Å². The summed E-state index contributed by atoms with van der Waals surface area (Å²) in [5.74, 6) is -0.908.